The number of carbonyl (C=O) groups excluding carboxylic acids is 3. The van der Waals surface area contributed by atoms with Gasteiger partial charge in [0, 0.05) is 6.42 Å². The van der Waals surface area contributed by atoms with Crippen molar-refractivity contribution in [3.05, 3.63) is 35.9 Å². The van der Waals surface area contributed by atoms with Crippen LogP contribution in [0.3, 0.4) is 0 Å². The molecule has 9 heteroatoms. The molecule has 0 radical (unpaired) electrons. The summed E-state index contributed by atoms with van der Waals surface area (Å²) in [5.74, 6) is -2.74. The molecule has 3 amide bonds. The second-order valence-electron chi connectivity index (χ2n) is 7.27. The number of nitrogens with one attached hydrogen (secondary N) is 3. The Morgan fingerprint density at radius 1 is 0.931 bits per heavy atom. The minimum atomic E-state index is -1.18. The van der Waals surface area contributed by atoms with Crippen molar-refractivity contribution in [1.29, 1.82) is 0 Å². The zero-order chi connectivity index (χ0) is 22.0. The fourth-order valence-electron chi connectivity index (χ4n) is 2.66. The van der Waals surface area contributed by atoms with Crippen molar-refractivity contribution in [2.45, 2.75) is 51.7 Å². The predicted octanol–water partition coefficient (Wildman–Crippen LogP) is -0.207. The van der Waals surface area contributed by atoms with E-state index in [4.69, 9.17) is 10.8 Å². The van der Waals surface area contributed by atoms with Gasteiger partial charge >= 0.3 is 5.97 Å². The fraction of sp³-hybridized carbons (Fsp3) is 0.500. The Bertz CT molecular complexity index is 708. The molecule has 1 aromatic rings. The molecule has 0 aliphatic carbocycles. The highest BCUT2D eigenvalue weighted by molar-refractivity contribution is 5.93. The molecule has 0 aromatic heterocycles. The van der Waals surface area contributed by atoms with E-state index in [-0.39, 0.29) is 18.9 Å². The summed E-state index contributed by atoms with van der Waals surface area (Å²) >= 11 is 0. The van der Waals surface area contributed by atoms with Gasteiger partial charge in [0.2, 0.25) is 17.7 Å². The van der Waals surface area contributed by atoms with Gasteiger partial charge in [-0.15, -0.1) is 0 Å². The lowest BCUT2D eigenvalue weighted by molar-refractivity contribution is -0.141. The van der Waals surface area contributed by atoms with Crippen molar-refractivity contribution < 1.29 is 24.3 Å². The predicted molar refractivity (Wildman–Crippen MR) is 108 cm³/mol. The molecule has 1 rings (SSSR count). The zero-order valence-corrected chi connectivity index (χ0v) is 17.0. The van der Waals surface area contributed by atoms with E-state index >= 15 is 0 Å². The highest BCUT2D eigenvalue weighted by Crippen LogP contribution is 2.08. The van der Waals surface area contributed by atoms with Crippen LogP contribution in [0.5, 0.6) is 0 Å². The van der Waals surface area contributed by atoms with E-state index in [0.29, 0.717) is 6.42 Å². The quantitative estimate of drug-likeness (QED) is 0.343. The van der Waals surface area contributed by atoms with E-state index in [1.54, 1.807) is 0 Å². The number of carboxylic acids is 1. The van der Waals surface area contributed by atoms with E-state index in [9.17, 15) is 19.2 Å². The van der Waals surface area contributed by atoms with Crippen LogP contribution in [0.1, 0.15) is 32.8 Å². The number of aliphatic carboxylic acids is 1. The molecular weight excluding hydrogens is 376 g/mol. The summed E-state index contributed by atoms with van der Waals surface area (Å²) in [6.45, 7) is 4.83. The van der Waals surface area contributed by atoms with Crippen molar-refractivity contribution in [2.24, 2.45) is 11.7 Å². The average molecular weight is 406 g/mol. The minimum Gasteiger partial charge on any atom is -0.480 e. The molecule has 0 saturated heterocycles. The third-order valence-corrected chi connectivity index (χ3v) is 4.19. The lowest BCUT2D eigenvalue weighted by Crippen LogP contribution is -2.56. The van der Waals surface area contributed by atoms with E-state index in [2.05, 4.69) is 16.0 Å². The van der Waals surface area contributed by atoms with Crippen LogP contribution in [0.4, 0.5) is 0 Å². The van der Waals surface area contributed by atoms with Gasteiger partial charge in [-0.25, -0.2) is 0 Å². The SMILES string of the molecule is CC(C)CC(NC(=O)C(Cc1ccccc1)NC(=O)CN)C(=O)NC(C)C(=O)O. The summed E-state index contributed by atoms with van der Waals surface area (Å²) in [6, 6.07) is 6.17. The van der Waals surface area contributed by atoms with Crippen LogP contribution in [0.15, 0.2) is 30.3 Å². The monoisotopic (exact) mass is 406 g/mol. The first-order valence-corrected chi connectivity index (χ1v) is 9.50. The van der Waals surface area contributed by atoms with Crippen molar-refractivity contribution in [3.8, 4) is 0 Å². The molecule has 0 fully saturated rings. The van der Waals surface area contributed by atoms with Crippen LogP contribution in [-0.2, 0) is 25.6 Å². The highest BCUT2D eigenvalue weighted by atomic mass is 16.4. The number of benzene rings is 1. The smallest absolute Gasteiger partial charge is 0.325 e. The molecule has 9 nitrogen and oxygen atoms in total. The van der Waals surface area contributed by atoms with Crippen LogP contribution >= 0.6 is 0 Å². The van der Waals surface area contributed by atoms with Gasteiger partial charge in [-0.1, -0.05) is 44.2 Å². The molecule has 3 unspecified atom stereocenters. The number of nitrogens with two attached hydrogens (primary N) is 1. The van der Waals surface area contributed by atoms with Crippen molar-refractivity contribution >= 4 is 23.7 Å². The normalized spacial score (nSPS) is 13.8. The standard InChI is InChI=1S/C20H30N4O5/c1-12(2)9-15(18(26)22-13(3)20(28)29)24-19(27)16(23-17(25)11-21)10-14-7-5-4-6-8-14/h4-8,12-13,15-16H,9-11,21H2,1-3H3,(H,22,26)(H,23,25)(H,24,27)(H,28,29). The van der Waals surface area contributed by atoms with Gasteiger partial charge in [0.25, 0.3) is 0 Å². The number of carboxylic acid groups (broad SMARTS) is 1. The summed E-state index contributed by atoms with van der Waals surface area (Å²) in [5, 5.41) is 16.6. The van der Waals surface area contributed by atoms with Crippen LogP contribution in [0.25, 0.3) is 0 Å². The van der Waals surface area contributed by atoms with Crippen LogP contribution < -0.4 is 21.7 Å². The Balaban J connectivity index is 2.95. The molecule has 29 heavy (non-hydrogen) atoms. The van der Waals surface area contributed by atoms with Crippen molar-refractivity contribution in [1.82, 2.24) is 16.0 Å². The molecular formula is C20H30N4O5. The third kappa shape index (κ3) is 8.73. The second kappa shape index (κ2) is 11.8. The Labute approximate surface area is 170 Å². The highest BCUT2D eigenvalue weighted by Gasteiger charge is 2.28. The van der Waals surface area contributed by atoms with Gasteiger partial charge in [-0.05, 0) is 24.8 Å². The third-order valence-electron chi connectivity index (χ3n) is 4.19. The molecule has 0 heterocycles. The lowest BCUT2D eigenvalue weighted by atomic mass is 10.0. The first-order chi connectivity index (χ1) is 13.6. The zero-order valence-electron chi connectivity index (χ0n) is 17.0. The van der Waals surface area contributed by atoms with Gasteiger partial charge in [-0.3, -0.25) is 19.2 Å². The minimum absolute atomic E-state index is 0.0670. The molecule has 160 valence electrons. The molecule has 0 aliphatic rings. The Kier molecular flexibility index (Phi) is 9.81. The average Bonchev–Trinajstić information content (AvgIpc) is 2.66. The molecule has 0 spiro atoms. The summed E-state index contributed by atoms with van der Waals surface area (Å²) in [4.78, 5) is 48.1. The van der Waals surface area contributed by atoms with Crippen molar-refractivity contribution in [3.63, 3.8) is 0 Å². The Hall–Kier alpha value is -2.94. The maximum absolute atomic E-state index is 12.9. The maximum Gasteiger partial charge on any atom is 0.325 e. The number of carbonyl (C=O) groups is 4. The molecule has 1 aromatic carbocycles. The number of hydrogen-bond acceptors (Lipinski definition) is 5. The summed E-state index contributed by atoms with van der Waals surface area (Å²) in [6.07, 6.45) is 0.534. The van der Waals surface area contributed by atoms with E-state index in [1.165, 1.54) is 6.92 Å². The molecule has 0 aliphatic heterocycles. The number of amides is 3. The van der Waals surface area contributed by atoms with Gasteiger partial charge in [-0.2, -0.15) is 0 Å². The van der Waals surface area contributed by atoms with Gasteiger partial charge in [0.1, 0.15) is 18.1 Å². The number of hydrogen-bond donors (Lipinski definition) is 5. The van der Waals surface area contributed by atoms with Crippen molar-refractivity contribution in [2.75, 3.05) is 6.54 Å². The fourth-order valence-corrected chi connectivity index (χ4v) is 2.66. The molecule has 6 N–H and O–H groups in total. The maximum atomic E-state index is 12.9. The Morgan fingerprint density at radius 2 is 1.52 bits per heavy atom. The van der Waals surface area contributed by atoms with Gasteiger partial charge < -0.3 is 26.8 Å². The van der Waals surface area contributed by atoms with Crippen LogP contribution in [0.2, 0.25) is 0 Å². The summed E-state index contributed by atoms with van der Waals surface area (Å²) in [7, 11) is 0. The topological polar surface area (TPSA) is 151 Å². The van der Waals surface area contributed by atoms with Gasteiger partial charge in [0.15, 0.2) is 0 Å². The molecule has 3 atom stereocenters. The lowest BCUT2D eigenvalue weighted by Gasteiger charge is -2.25. The van der Waals surface area contributed by atoms with E-state index in [0.717, 1.165) is 5.56 Å². The van der Waals surface area contributed by atoms with E-state index < -0.39 is 41.8 Å². The number of rotatable bonds is 11. The first kappa shape index (κ1) is 24.1. The Morgan fingerprint density at radius 3 is 2.03 bits per heavy atom. The molecule has 0 saturated carbocycles. The van der Waals surface area contributed by atoms with E-state index in [1.807, 2.05) is 44.2 Å². The van der Waals surface area contributed by atoms with Crippen LogP contribution in [-0.4, -0.2) is 53.5 Å². The first-order valence-electron chi connectivity index (χ1n) is 9.50. The second-order valence-corrected chi connectivity index (χ2v) is 7.27. The summed E-state index contributed by atoms with van der Waals surface area (Å²) in [5.41, 5.74) is 6.18. The molecule has 0 bridgehead atoms. The summed E-state index contributed by atoms with van der Waals surface area (Å²) < 4.78 is 0. The largest absolute Gasteiger partial charge is 0.480 e. The van der Waals surface area contributed by atoms with Crippen LogP contribution in [0, 0.1) is 5.92 Å². The van der Waals surface area contributed by atoms with Gasteiger partial charge in [0.05, 0.1) is 6.54 Å².